The van der Waals surface area contributed by atoms with Crippen LogP contribution >= 0.6 is 0 Å². The number of nitrogens with zero attached hydrogens (tertiary/aromatic N) is 2. The minimum Gasteiger partial charge on any atom is -0.358 e. The number of rotatable bonds is 0. The third kappa shape index (κ3) is 1.72. The molecule has 0 saturated carbocycles. The fourth-order valence-electron chi connectivity index (χ4n) is 1.05. The van der Waals surface area contributed by atoms with Gasteiger partial charge in [0.2, 0.25) is 0 Å². The molecule has 1 aliphatic heterocycles. The third-order valence-electron chi connectivity index (χ3n) is 1.77. The molecule has 0 amide bonds. The first-order valence-electron chi connectivity index (χ1n) is 3.87. The van der Waals surface area contributed by atoms with Crippen molar-refractivity contribution in [3.05, 3.63) is 0 Å². The molecule has 10 heavy (non-hydrogen) atoms. The Morgan fingerprint density at radius 2 is 2.10 bits per heavy atom. The van der Waals surface area contributed by atoms with E-state index in [-0.39, 0.29) is 5.54 Å². The summed E-state index contributed by atoms with van der Waals surface area (Å²) in [5.41, 5.74) is 0.254. The predicted octanol–water partition coefficient (Wildman–Crippen LogP) is 1.52. The third-order valence-corrected chi connectivity index (χ3v) is 1.77. The maximum Gasteiger partial charge on any atom is 0.0854 e. The van der Waals surface area contributed by atoms with Crippen LogP contribution in [0.1, 0.15) is 27.2 Å². The molecule has 0 aromatic rings. The summed E-state index contributed by atoms with van der Waals surface area (Å²) in [4.78, 5) is 6.51. The van der Waals surface area contributed by atoms with Gasteiger partial charge >= 0.3 is 0 Å². The Morgan fingerprint density at radius 3 is 2.40 bits per heavy atom. The van der Waals surface area contributed by atoms with Crippen molar-refractivity contribution in [1.82, 2.24) is 4.90 Å². The van der Waals surface area contributed by atoms with Crippen molar-refractivity contribution < 1.29 is 0 Å². The summed E-state index contributed by atoms with van der Waals surface area (Å²) in [6.45, 7) is 8.80. The molecule has 0 aliphatic carbocycles. The van der Waals surface area contributed by atoms with E-state index in [9.17, 15) is 0 Å². The lowest BCUT2D eigenvalue weighted by atomic mass is 10.1. The zero-order valence-corrected chi connectivity index (χ0v) is 7.09. The normalized spacial score (nSPS) is 19.7. The van der Waals surface area contributed by atoms with Crippen molar-refractivity contribution in [2.24, 2.45) is 4.99 Å². The van der Waals surface area contributed by atoms with Crippen molar-refractivity contribution in [2.45, 2.75) is 32.7 Å². The first-order valence-corrected chi connectivity index (χ1v) is 3.87. The molecule has 0 N–H and O–H groups in total. The van der Waals surface area contributed by atoms with Crippen LogP contribution in [0.3, 0.4) is 0 Å². The van der Waals surface area contributed by atoms with E-state index in [0.717, 1.165) is 13.1 Å². The molecule has 2 heteroatoms. The van der Waals surface area contributed by atoms with Gasteiger partial charge < -0.3 is 4.90 Å². The SMILES string of the molecule is CC(C)(C)N1C=NCCC1. The fraction of sp³-hybridized carbons (Fsp3) is 0.875. The van der Waals surface area contributed by atoms with Crippen LogP contribution in [0.4, 0.5) is 0 Å². The number of aliphatic imine (C=N–C) groups is 1. The van der Waals surface area contributed by atoms with E-state index < -0.39 is 0 Å². The minimum absolute atomic E-state index is 0.254. The van der Waals surface area contributed by atoms with Crippen molar-refractivity contribution >= 4 is 6.34 Å². The molecule has 0 fully saturated rings. The maximum absolute atomic E-state index is 4.23. The lowest BCUT2D eigenvalue weighted by molar-refractivity contribution is 0.235. The van der Waals surface area contributed by atoms with Gasteiger partial charge in [-0.05, 0) is 27.2 Å². The molecule has 1 heterocycles. The smallest absolute Gasteiger partial charge is 0.0854 e. The predicted molar refractivity (Wildman–Crippen MR) is 44.4 cm³/mol. The molecule has 58 valence electrons. The minimum atomic E-state index is 0.254. The summed E-state index contributed by atoms with van der Waals surface area (Å²) in [6, 6.07) is 0. The molecular formula is C8H16N2. The number of hydrogen-bond donors (Lipinski definition) is 0. The fourth-order valence-corrected chi connectivity index (χ4v) is 1.05. The van der Waals surface area contributed by atoms with Gasteiger partial charge in [0.05, 0.1) is 6.34 Å². The maximum atomic E-state index is 4.23. The standard InChI is InChI=1S/C8H16N2/c1-8(2,3)10-6-4-5-9-7-10/h7H,4-6H2,1-3H3. The van der Waals surface area contributed by atoms with Crippen LogP contribution in [0.15, 0.2) is 4.99 Å². The topological polar surface area (TPSA) is 15.6 Å². The summed E-state index contributed by atoms with van der Waals surface area (Å²) < 4.78 is 0. The Balaban J connectivity index is 2.55. The summed E-state index contributed by atoms with van der Waals surface area (Å²) in [6.07, 6.45) is 3.18. The molecule has 0 atom stereocenters. The molecule has 1 rings (SSSR count). The van der Waals surface area contributed by atoms with Crippen molar-refractivity contribution in [2.75, 3.05) is 13.1 Å². The van der Waals surface area contributed by atoms with Gasteiger partial charge in [-0.25, -0.2) is 0 Å². The average Bonchev–Trinajstić information content (AvgIpc) is 1.88. The number of hydrogen-bond acceptors (Lipinski definition) is 2. The Morgan fingerprint density at radius 1 is 1.40 bits per heavy atom. The van der Waals surface area contributed by atoms with Gasteiger partial charge in [-0.1, -0.05) is 0 Å². The highest BCUT2D eigenvalue weighted by atomic mass is 15.2. The van der Waals surface area contributed by atoms with Crippen molar-refractivity contribution in [3.8, 4) is 0 Å². The Hall–Kier alpha value is -0.530. The van der Waals surface area contributed by atoms with E-state index in [1.54, 1.807) is 0 Å². The Kier molecular flexibility index (Phi) is 1.97. The van der Waals surface area contributed by atoms with E-state index in [2.05, 4.69) is 30.7 Å². The van der Waals surface area contributed by atoms with Crippen LogP contribution < -0.4 is 0 Å². The summed E-state index contributed by atoms with van der Waals surface area (Å²) in [5, 5.41) is 0. The van der Waals surface area contributed by atoms with Crippen LogP contribution in [0.25, 0.3) is 0 Å². The van der Waals surface area contributed by atoms with Gasteiger partial charge in [-0.2, -0.15) is 0 Å². The van der Waals surface area contributed by atoms with E-state index in [1.165, 1.54) is 6.42 Å². The first kappa shape index (κ1) is 7.58. The van der Waals surface area contributed by atoms with Crippen LogP contribution in [0, 0.1) is 0 Å². The van der Waals surface area contributed by atoms with E-state index in [4.69, 9.17) is 0 Å². The lowest BCUT2D eigenvalue weighted by Gasteiger charge is -2.35. The Labute approximate surface area is 62.9 Å². The molecule has 0 aromatic heterocycles. The van der Waals surface area contributed by atoms with Gasteiger partial charge in [0.15, 0.2) is 0 Å². The van der Waals surface area contributed by atoms with Gasteiger partial charge in [0, 0.05) is 18.6 Å². The average molecular weight is 140 g/mol. The zero-order valence-electron chi connectivity index (χ0n) is 7.09. The highest BCUT2D eigenvalue weighted by Gasteiger charge is 2.18. The van der Waals surface area contributed by atoms with E-state index >= 15 is 0 Å². The monoisotopic (exact) mass is 140 g/mol. The van der Waals surface area contributed by atoms with Crippen LogP contribution in [0.5, 0.6) is 0 Å². The molecular weight excluding hydrogens is 124 g/mol. The second-order valence-corrected chi connectivity index (χ2v) is 3.74. The molecule has 0 bridgehead atoms. The molecule has 1 aliphatic rings. The van der Waals surface area contributed by atoms with Crippen molar-refractivity contribution in [3.63, 3.8) is 0 Å². The molecule has 0 saturated heterocycles. The molecule has 0 radical (unpaired) electrons. The van der Waals surface area contributed by atoms with Gasteiger partial charge in [0.25, 0.3) is 0 Å². The second kappa shape index (κ2) is 2.60. The molecule has 0 unspecified atom stereocenters. The summed E-state index contributed by atoms with van der Waals surface area (Å²) >= 11 is 0. The molecule has 0 spiro atoms. The van der Waals surface area contributed by atoms with Crippen LogP contribution in [-0.2, 0) is 0 Å². The first-order chi connectivity index (χ1) is 4.61. The summed E-state index contributed by atoms with van der Waals surface area (Å²) in [5.74, 6) is 0. The van der Waals surface area contributed by atoms with E-state index in [1.807, 2.05) is 6.34 Å². The highest BCUT2D eigenvalue weighted by molar-refractivity contribution is 5.56. The van der Waals surface area contributed by atoms with Crippen LogP contribution in [0.2, 0.25) is 0 Å². The molecule has 2 nitrogen and oxygen atoms in total. The zero-order chi connectivity index (χ0) is 7.61. The van der Waals surface area contributed by atoms with Crippen molar-refractivity contribution in [1.29, 1.82) is 0 Å². The summed E-state index contributed by atoms with van der Waals surface area (Å²) in [7, 11) is 0. The van der Waals surface area contributed by atoms with E-state index in [0.29, 0.717) is 0 Å². The van der Waals surface area contributed by atoms with Crippen LogP contribution in [-0.4, -0.2) is 29.9 Å². The lowest BCUT2D eigenvalue weighted by Crippen LogP contribution is -2.42. The largest absolute Gasteiger partial charge is 0.358 e. The van der Waals surface area contributed by atoms with Gasteiger partial charge in [-0.15, -0.1) is 0 Å². The van der Waals surface area contributed by atoms with Gasteiger partial charge in [0.1, 0.15) is 0 Å². The van der Waals surface area contributed by atoms with Gasteiger partial charge in [-0.3, -0.25) is 4.99 Å². The quantitative estimate of drug-likeness (QED) is 0.498. The molecule has 0 aromatic carbocycles. The Bertz CT molecular complexity index is 133. The highest BCUT2D eigenvalue weighted by Crippen LogP contribution is 2.13. The second-order valence-electron chi connectivity index (χ2n) is 3.74.